The van der Waals surface area contributed by atoms with Gasteiger partial charge in [0.2, 0.25) is 10.0 Å². The normalized spacial score (nSPS) is 17.5. The fourth-order valence-electron chi connectivity index (χ4n) is 3.56. The van der Waals surface area contributed by atoms with Crippen molar-refractivity contribution in [2.24, 2.45) is 0 Å². The molecule has 162 valence electrons. The molecular weight excluding hydrogens is 404 g/mol. The van der Waals surface area contributed by atoms with E-state index >= 15 is 0 Å². The van der Waals surface area contributed by atoms with E-state index in [1.54, 1.807) is 48.5 Å². The van der Waals surface area contributed by atoms with E-state index in [-0.39, 0.29) is 18.4 Å². The number of ether oxygens (including phenoxy) is 1. The number of carbonyl (C=O) groups excluding carboxylic acids is 1. The van der Waals surface area contributed by atoms with Crippen LogP contribution < -0.4 is 4.31 Å². The summed E-state index contributed by atoms with van der Waals surface area (Å²) in [6.07, 6.45) is 1.25. The number of sulfonamides is 1. The van der Waals surface area contributed by atoms with Crippen molar-refractivity contribution in [3.8, 4) is 0 Å². The van der Waals surface area contributed by atoms with Gasteiger partial charge in [0.05, 0.1) is 36.8 Å². The fraction of sp³-hybridized carbons (Fsp3) is 0.409. The molecule has 1 heterocycles. The second-order valence-electron chi connectivity index (χ2n) is 7.44. The third-order valence-corrected chi connectivity index (χ3v) is 6.94. The second kappa shape index (κ2) is 10.1. The summed E-state index contributed by atoms with van der Waals surface area (Å²) in [7, 11) is -2.28. The Morgan fingerprint density at radius 2 is 1.87 bits per heavy atom. The first-order valence-electron chi connectivity index (χ1n) is 10.0. The number of benzene rings is 2. The minimum absolute atomic E-state index is 0.0329. The van der Waals surface area contributed by atoms with Crippen LogP contribution in [0.25, 0.3) is 0 Å². The molecule has 0 bridgehead atoms. The van der Waals surface area contributed by atoms with Crippen LogP contribution in [0, 0.1) is 0 Å². The molecule has 2 aromatic carbocycles. The minimum atomic E-state index is -3.60. The zero-order valence-electron chi connectivity index (χ0n) is 17.1. The number of hydrogen-bond donors (Lipinski definition) is 1. The third kappa shape index (κ3) is 5.81. The largest absolute Gasteiger partial charge is 0.465 e. The molecule has 0 aliphatic carbocycles. The molecular formula is C22H28N2O5S. The van der Waals surface area contributed by atoms with Crippen molar-refractivity contribution >= 4 is 21.7 Å². The average Bonchev–Trinajstić information content (AvgIpc) is 2.76. The van der Waals surface area contributed by atoms with Gasteiger partial charge in [0.25, 0.3) is 0 Å². The smallest absolute Gasteiger partial charge is 0.337 e. The Morgan fingerprint density at radius 3 is 2.50 bits per heavy atom. The lowest BCUT2D eigenvalue weighted by molar-refractivity contribution is 0.0600. The number of rotatable bonds is 8. The van der Waals surface area contributed by atoms with Gasteiger partial charge in [-0.1, -0.05) is 30.3 Å². The zero-order chi connectivity index (χ0) is 21.6. The quantitative estimate of drug-likeness (QED) is 0.644. The van der Waals surface area contributed by atoms with Crippen molar-refractivity contribution in [3.63, 3.8) is 0 Å². The van der Waals surface area contributed by atoms with E-state index in [0.29, 0.717) is 24.3 Å². The molecule has 2 aromatic rings. The Kier molecular flexibility index (Phi) is 7.47. The van der Waals surface area contributed by atoms with Crippen molar-refractivity contribution in [2.75, 3.05) is 36.8 Å². The minimum Gasteiger partial charge on any atom is -0.465 e. The highest BCUT2D eigenvalue weighted by atomic mass is 32.2. The van der Waals surface area contributed by atoms with Gasteiger partial charge < -0.3 is 9.84 Å². The van der Waals surface area contributed by atoms with Gasteiger partial charge in [-0.2, -0.15) is 0 Å². The van der Waals surface area contributed by atoms with Gasteiger partial charge in [-0.05, 0) is 49.2 Å². The van der Waals surface area contributed by atoms with Crippen LogP contribution >= 0.6 is 0 Å². The number of aliphatic hydroxyl groups excluding tert-OH is 1. The average molecular weight is 433 g/mol. The van der Waals surface area contributed by atoms with Crippen LogP contribution in [0.1, 0.15) is 28.8 Å². The molecule has 1 fully saturated rings. The number of para-hydroxylation sites is 1. The highest BCUT2D eigenvalue weighted by molar-refractivity contribution is 7.92. The van der Waals surface area contributed by atoms with E-state index in [1.165, 1.54) is 11.4 Å². The van der Waals surface area contributed by atoms with Crippen LogP contribution in [0.5, 0.6) is 0 Å². The topological polar surface area (TPSA) is 87.2 Å². The monoisotopic (exact) mass is 432 g/mol. The van der Waals surface area contributed by atoms with Crippen LogP contribution in [-0.2, 0) is 21.3 Å². The van der Waals surface area contributed by atoms with Crippen molar-refractivity contribution in [1.29, 1.82) is 0 Å². The molecule has 1 saturated heterocycles. The molecule has 1 aliphatic heterocycles. The highest BCUT2D eigenvalue weighted by Gasteiger charge is 2.25. The van der Waals surface area contributed by atoms with Crippen LogP contribution in [0.3, 0.4) is 0 Å². The van der Waals surface area contributed by atoms with Crippen LogP contribution in [-0.4, -0.2) is 63.0 Å². The first kappa shape index (κ1) is 22.3. The number of anilines is 1. The fourth-order valence-corrected chi connectivity index (χ4v) is 5.06. The molecule has 1 unspecified atom stereocenters. The molecule has 7 nitrogen and oxygen atoms in total. The van der Waals surface area contributed by atoms with Crippen molar-refractivity contribution < 1.29 is 23.1 Å². The van der Waals surface area contributed by atoms with Crippen LogP contribution in [0.2, 0.25) is 0 Å². The van der Waals surface area contributed by atoms with Gasteiger partial charge in [-0.3, -0.25) is 9.21 Å². The van der Waals surface area contributed by atoms with E-state index in [2.05, 4.69) is 0 Å². The van der Waals surface area contributed by atoms with Gasteiger partial charge >= 0.3 is 5.97 Å². The maximum Gasteiger partial charge on any atom is 0.337 e. The van der Waals surface area contributed by atoms with Crippen LogP contribution in [0.15, 0.2) is 54.6 Å². The second-order valence-corrected chi connectivity index (χ2v) is 9.46. The molecule has 30 heavy (non-hydrogen) atoms. The first-order chi connectivity index (χ1) is 14.4. The Morgan fingerprint density at radius 1 is 1.17 bits per heavy atom. The summed E-state index contributed by atoms with van der Waals surface area (Å²) in [4.78, 5) is 13.6. The summed E-state index contributed by atoms with van der Waals surface area (Å²) in [5.74, 6) is -0.465. The summed E-state index contributed by atoms with van der Waals surface area (Å²) in [5.41, 5.74) is 1.77. The molecule has 0 amide bonds. The predicted molar refractivity (Wildman–Crippen MR) is 116 cm³/mol. The Balaban J connectivity index is 1.77. The number of esters is 1. The van der Waals surface area contributed by atoms with E-state index in [0.717, 1.165) is 24.9 Å². The SMILES string of the molecule is COC(=O)c1ccc(CN(c2ccccc2)S(=O)(=O)CCN2CCCC(O)C2)cc1. The van der Waals surface area contributed by atoms with Gasteiger partial charge in [0.15, 0.2) is 0 Å². The lowest BCUT2D eigenvalue weighted by Gasteiger charge is -2.31. The standard InChI is InChI=1S/C22H28N2O5S/c1-29-22(26)19-11-9-18(10-12-19)16-24(20-6-3-2-4-7-20)30(27,28)15-14-23-13-5-8-21(25)17-23/h2-4,6-7,9-12,21,25H,5,8,13-17H2,1H3. The molecule has 0 aromatic heterocycles. The molecule has 3 rings (SSSR count). The predicted octanol–water partition coefficient (Wildman–Crippen LogP) is 2.27. The third-order valence-electron chi connectivity index (χ3n) is 5.23. The summed E-state index contributed by atoms with van der Waals surface area (Å²) in [6, 6.07) is 15.7. The van der Waals surface area contributed by atoms with Crippen molar-refractivity contribution in [3.05, 3.63) is 65.7 Å². The molecule has 1 atom stereocenters. The summed E-state index contributed by atoms with van der Waals surface area (Å²) in [6.45, 7) is 1.85. The van der Waals surface area contributed by atoms with Gasteiger partial charge in [0.1, 0.15) is 0 Å². The van der Waals surface area contributed by atoms with E-state index in [9.17, 15) is 18.3 Å². The Hall–Kier alpha value is -2.42. The molecule has 1 aliphatic rings. The molecule has 0 radical (unpaired) electrons. The molecule has 8 heteroatoms. The number of methoxy groups -OCH3 is 1. The summed E-state index contributed by atoms with van der Waals surface area (Å²) < 4.78 is 32.6. The van der Waals surface area contributed by atoms with Gasteiger partial charge in [0, 0.05) is 13.1 Å². The Labute approximate surface area is 177 Å². The number of aliphatic hydroxyl groups is 1. The van der Waals surface area contributed by atoms with Gasteiger partial charge in [-0.15, -0.1) is 0 Å². The number of nitrogens with zero attached hydrogens (tertiary/aromatic N) is 2. The number of carbonyl (C=O) groups is 1. The first-order valence-corrected chi connectivity index (χ1v) is 11.6. The van der Waals surface area contributed by atoms with E-state index in [1.807, 2.05) is 11.0 Å². The highest BCUT2D eigenvalue weighted by Crippen LogP contribution is 2.22. The summed E-state index contributed by atoms with van der Waals surface area (Å²) in [5, 5.41) is 9.84. The summed E-state index contributed by atoms with van der Waals surface area (Å²) >= 11 is 0. The van der Waals surface area contributed by atoms with Gasteiger partial charge in [-0.25, -0.2) is 13.2 Å². The maximum atomic E-state index is 13.2. The Bertz CT molecular complexity index is 932. The lowest BCUT2D eigenvalue weighted by atomic mass is 10.1. The van der Waals surface area contributed by atoms with Crippen LogP contribution in [0.4, 0.5) is 5.69 Å². The number of β-amino-alcohol motifs (C(OH)–C–C–N with tert-alkyl or cyclic N) is 1. The van der Waals surface area contributed by atoms with E-state index < -0.39 is 16.0 Å². The molecule has 0 saturated carbocycles. The number of hydrogen-bond acceptors (Lipinski definition) is 6. The zero-order valence-corrected chi connectivity index (χ0v) is 17.9. The van der Waals surface area contributed by atoms with E-state index in [4.69, 9.17) is 4.74 Å². The molecule has 0 spiro atoms. The maximum absolute atomic E-state index is 13.2. The van der Waals surface area contributed by atoms with Crippen molar-refractivity contribution in [1.82, 2.24) is 4.90 Å². The molecule has 1 N–H and O–H groups in total. The van der Waals surface area contributed by atoms with Crippen molar-refractivity contribution in [2.45, 2.75) is 25.5 Å². The number of likely N-dealkylation sites (tertiary alicyclic amines) is 1. The lowest BCUT2D eigenvalue weighted by Crippen LogP contribution is -2.43. The number of piperidine rings is 1.